The summed E-state index contributed by atoms with van der Waals surface area (Å²) in [5, 5.41) is 6.63. The van der Waals surface area contributed by atoms with E-state index in [1.165, 1.54) is 0 Å². The first kappa shape index (κ1) is 14.1. The lowest BCUT2D eigenvalue weighted by Crippen LogP contribution is -2.46. The molecule has 2 N–H and O–H groups in total. The van der Waals surface area contributed by atoms with E-state index in [1.54, 1.807) is 36.2 Å². The molecule has 1 aliphatic rings. The van der Waals surface area contributed by atoms with E-state index in [0.717, 1.165) is 13.1 Å². The highest BCUT2D eigenvalue weighted by Gasteiger charge is 2.18. The lowest BCUT2D eigenvalue weighted by atomic mass is 10.3. The molecule has 1 aromatic carbocycles. The Kier molecular flexibility index (Phi) is 5.01. The number of benzene rings is 1. The summed E-state index contributed by atoms with van der Waals surface area (Å²) in [4.78, 5) is 13.6. The fourth-order valence-corrected chi connectivity index (χ4v) is 2.10. The predicted molar refractivity (Wildman–Crippen MR) is 75.7 cm³/mol. The van der Waals surface area contributed by atoms with Crippen LogP contribution in [0.5, 0.6) is 0 Å². The summed E-state index contributed by atoms with van der Waals surface area (Å²) in [5.74, 6) is 0. The van der Waals surface area contributed by atoms with Gasteiger partial charge < -0.3 is 20.3 Å². The van der Waals surface area contributed by atoms with Crippen LogP contribution in [0.1, 0.15) is 0 Å². The third-order valence-corrected chi connectivity index (χ3v) is 3.14. The molecule has 0 radical (unpaired) electrons. The lowest BCUT2D eigenvalue weighted by Gasteiger charge is -2.28. The summed E-state index contributed by atoms with van der Waals surface area (Å²) in [6, 6.07) is 6.91. The fourth-order valence-electron chi connectivity index (χ4n) is 1.91. The standard InChI is InChI=1S/C13H18ClN3O2/c1-17(9-12-8-15-5-6-19-12)13(18)16-11-4-2-3-10(14)7-11/h2-4,7,12,15H,5-6,8-9H2,1H3,(H,16,18). The Bertz CT molecular complexity index is 436. The number of anilines is 1. The van der Waals surface area contributed by atoms with Crippen molar-refractivity contribution in [3.8, 4) is 0 Å². The Morgan fingerprint density at radius 2 is 2.47 bits per heavy atom. The first-order valence-corrected chi connectivity index (χ1v) is 6.63. The van der Waals surface area contributed by atoms with Crippen LogP contribution in [-0.2, 0) is 4.74 Å². The third-order valence-electron chi connectivity index (χ3n) is 2.90. The summed E-state index contributed by atoms with van der Waals surface area (Å²) in [6.45, 7) is 2.89. The molecule has 1 fully saturated rings. The number of carbonyl (C=O) groups is 1. The summed E-state index contributed by atoms with van der Waals surface area (Å²) in [6.07, 6.45) is 0.0452. The van der Waals surface area contributed by atoms with Gasteiger partial charge >= 0.3 is 6.03 Å². The molecule has 2 rings (SSSR count). The average Bonchev–Trinajstić information content (AvgIpc) is 2.40. The van der Waals surface area contributed by atoms with E-state index in [-0.39, 0.29) is 12.1 Å². The zero-order chi connectivity index (χ0) is 13.7. The SMILES string of the molecule is CN(CC1CNCCO1)C(=O)Nc1cccc(Cl)c1. The number of hydrogen-bond donors (Lipinski definition) is 2. The molecule has 1 atom stereocenters. The molecular formula is C13H18ClN3O2. The van der Waals surface area contributed by atoms with Gasteiger partial charge in [-0.3, -0.25) is 0 Å². The van der Waals surface area contributed by atoms with Crippen molar-refractivity contribution >= 4 is 23.3 Å². The summed E-state index contributed by atoms with van der Waals surface area (Å²) >= 11 is 5.87. The van der Waals surface area contributed by atoms with Gasteiger partial charge in [0, 0.05) is 37.4 Å². The first-order chi connectivity index (χ1) is 9.15. The average molecular weight is 284 g/mol. The van der Waals surface area contributed by atoms with Crippen LogP contribution in [0.2, 0.25) is 5.02 Å². The number of hydrogen-bond acceptors (Lipinski definition) is 3. The fraction of sp³-hybridized carbons (Fsp3) is 0.462. The number of rotatable bonds is 3. The van der Waals surface area contributed by atoms with Crippen LogP contribution in [0, 0.1) is 0 Å². The Morgan fingerprint density at radius 3 is 3.16 bits per heavy atom. The zero-order valence-electron chi connectivity index (χ0n) is 10.9. The van der Waals surface area contributed by atoms with Gasteiger partial charge in [-0.1, -0.05) is 17.7 Å². The molecule has 1 unspecified atom stereocenters. The van der Waals surface area contributed by atoms with Crippen LogP contribution < -0.4 is 10.6 Å². The molecule has 1 aliphatic heterocycles. The van der Waals surface area contributed by atoms with Crippen LogP contribution in [0.4, 0.5) is 10.5 Å². The molecule has 1 saturated heterocycles. The minimum atomic E-state index is -0.170. The number of nitrogens with zero attached hydrogens (tertiary/aromatic N) is 1. The maximum absolute atomic E-state index is 12.0. The van der Waals surface area contributed by atoms with Gasteiger partial charge in [0.25, 0.3) is 0 Å². The number of halogens is 1. The van der Waals surface area contributed by atoms with Crippen LogP contribution >= 0.6 is 11.6 Å². The van der Waals surface area contributed by atoms with Gasteiger partial charge in [-0.25, -0.2) is 4.79 Å². The van der Waals surface area contributed by atoms with Gasteiger partial charge in [-0.2, -0.15) is 0 Å². The van der Waals surface area contributed by atoms with E-state index in [4.69, 9.17) is 16.3 Å². The molecule has 5 nitrogen and oxygen atoms in total. The molecule has 2 amide bonds. The van der Waals surface area contributed by atoms with Crippen LogP contribution in [0.15, 0.2) is 24.3 Å². The minimum absolute atomic E-state index is 0.0452. The number of urea groups is 1. The Labute approximate surface area is 117 Å². The maximum Gasteiger partial charge on any atom is 0.321 e. The van der Waals surface area contributed by atoms with E-state index < -0.39 is 0 Å². The second kappa shape index (κ2) is 6.75. The second-order valence-corrected chi connectivity index (χ2v) is 4.95. The summed E-state index contributed by atoms with van der Waals surface area (Å²) in [5.41, 5.74) is 0.687. The van der Waals surface area contributed by atoms with E-state index in [1.807, 2.05) is 0 Å². The van der Waals surface area contributed by atoms with E-state index in [9.17, 15) is 4.79 Å². The molecule has 0 aliphatic carbocycles. The van der Waals surface area contributed by atoms with Gasteiger partial charge in [0.15, 0.2) is 0 Å². The topological polar surface area (TPSA) is 53.6 Å². The molecule has 6 heteroatoms. The number of likely N-dealkylation sites (N-methyl/N-ethyl adjacent to an activating group) is 1. The molecule has 1 aromatic rings. The van der Waals surface area contributed by atoms with Crippen molar-refractivity contribution in [2.45, 2.75) is 6.10 Å². The van der Waals surface area contributed by atoms with Crippen molar-refractivity contribution in [1.29, 1.82) is 0 Å². The van der Waals surface area contributed by atoms with Crippen molar-refractivity contribution in [1.82, 2.24) is 10.2 Å². The molecule has 1 heterocycles. The maximum atomic E-state index is 12.0. The third kappa shape index (κ3) is 4.38. The first-order valence-electron chi connectivity index (χ1n) is 6.25. The van der Waals surface area contributed by atoms with Crippen LogP contribution in [0.25, 0.3) is 0 Å². The number of ether oxygens (including phenoxy) is 1. The Morgan fingerprint density at radius 1 is 1.63 bits per heavy atom. The van der Waals surface area contributed by atoms with Gasteiger partial charge in [-0.15, -0.1) is 0 Å². The molecule has 0 bridgehead atoms. The summed E-state index contributed by atoms with van der Waals surface area (Å²) in [7, 11) is 1.75. The van der Waals surface area contributed by atoms with Crippen molar-refractivity contribution in [3.63, 3.8) is 0 Å². The molecule has 0 saturated carbocycles. The van der Waals surface area contributed by atoms with Gasteiger partial charge in [0.2, 0.25) is 0 Å². The van der Waals surface area contributed by atoms with Crippen molar-refractivity contribution in [2.24, 2.45) is 0 Å². The number of carbonyl (C=O) groups excluding carboxylic acids is 1. The highest BCUT2D eigenvalue weighted by Crippen LogP contribution is 2.15. The normalized spacial score (nSPS) is 18.9. The van der Waals surface area contributed by atoms with E-state index in [2.05, 4.69) is 10.6 Å². The molecular weight excluding hydrogens is 266 g/mol. The number of nitrogens with one attached hydrogen (secondary N) is 2. The zero-order valence-corrected chi connectivity index (χ0v) is 11.6. The predicted octanol–water partition coefficient (Wildman–Crippen LogP) is 1.79. The monoisotopic (exact) mass is 283 g/mol. The Hall–Kier alpha value is -1.30. The van der Waals surface area contributed by atoms with E-state index >= 15 is 0 Å². The van der Waals surface area contributed by atoms with Gasteiger partial charge in [-0.05, 0) is 18.2 Å². The highest BCUT2D eigenvalue weighted by atomic mass is 35.5. The second-order valence-electron chi connectivity index (χ2n) is 4.52. The number of morpholine rings is 1. The van der Waals surface area contributed by atoms with Gasteiger partial charge in [0.1, 0.15) is 0 Å². The molecule has 19 heavy (non-hydrogen) atoms. The molecule has 0 aromatic heterocycles. The summed E-state index contributed by atoms with van der Waals surface area (Å²) < 4.78 is 5.56. The van der Waals surface area contributed by atoms with E-state index in [0.29, 0.717) is 23.9 Å². The quantitative estimate of drug-likeness (QED) is 0.889. The van der Waals surface area contributed by atoms with Crippen LogP contribution in [0.3, 0.4) is 0 Å². The van der Waals surface area contributed by atoms with Crippen molar-refractivity contribution < 1.29 is 9.53 Å². The smallest absolute Gasteiger partial charge is 0.321 e. The minimum Gasteiger partial charge on any atom is -0.374 e. The molecule has 104 valence electrons. The molecule has 0 spiro atoms. The van der Waals surface area contributed by atoms with Crippen LogP contribution in [-0.4, -0.2) is 50.3 Å². The van der Waals surface area contributed by atoms with Crippen molar-refractivity contribution in [2.75, 3.05) is 38.6 Å². The Balaban J connectivity index is 1.84. The van der Waals surface area contributed by atoms with Gasteiger partial charge in [0.05, 0.1) is 12.7 Å². The lowest BCUT2D eigenvalue weighted by molar-refractivity contribution is 0.0164. The van der Waals surface area contributed by atoms with Crippen molar-refractivity contribution in [3.05, 3.63) is 29.3 Å². The highest BCUT2D eigenvalue weighted by molar-refractivity contribution is 6.30. The largest absolute Gasteiger partial charge is 0.374 e. The number of amides is 2.